The van der Waals surface area contributed by atoms with Gasteiger partial charge in [0.1, 0.15) is 11.9 Å². The maximum Gasteiger partial charge on any atom is 0.318 e. The molecule has 2 saturated heterocycles. The van der Waals surface area contributed by atoms with Crippen molar-refractivity contribution in [2.75, 3.05) is 24.5 Å². The predicted molar refractivity (Wildman–Crippen MR) is 93.7 cm³/mol. The molecule has 0 radical (unpaired) electrons. The summed E-state index contributed by atoms with van der Waals surface area (Å²) in [5, 5.41) is 16.2. The van der Waals surface area contributed by atoms with Crippen molar-refractivity contribution in [3.05, 3.63) is 12.3 Å². The summed E-state index contributed by atoms with van der Waals surface area (Å²) < 4.78 is 1.75. The maximum atomic E-state index is 12.8. The van der Waals surface area contributed by atoms with Gasteiger partial charge in [-0.1, -0.05) is 0 Å². The minimum atomic E-state index is -0.879. The van der Waals surface area contributed by atoms with Crippen LogP contribution in [0.5, 0.6) is 0 Å². The number of hydrogen-bond donors (Lipinski definition) is 2. The average Bonchev–Trinajstić information content (AvgIpc) is 3.12. The predicted octanol–water partition coefficient (Wildman–Crippen LogP) is 0.905. The fraction of sp³-hybridized carbons (Fsp3) is 0.647. The highest BCUT2D eigenvalue weighted by molar-refractivity contribution is 5.99. The number of hydrogen-bond acceptors (Lipinski definition) is 4. The number of rotatable bonds is 4. The fourth-order valence-electron chi connectivity index (χ4n) is 3.64. The smallest absolute Gasteiger partial charge is 0.318 e. The topological polar surface area (TPSA) is 108 Å². The Labute approximate surface area is 151 Å². The molecule has 2 unspecified atom stereocenters. The summed E-state index contributed by atoms with van der Waals surface area (Å²) in [6.45, 7) is 3.92. The number of carbonyl (C=O) groups excluding carboxylic acids is 2. The summed E-state index contributed by atoms with van der Waals surface area (Å²) in [6, 6.07) is 0.843. The molecule has 0 saturated carbocycles. The van der Waals surface area contributed by atoms with Gasteiger partial charge in [0.05, 0.1) is 12.1 Å². The monoisotopic (exact) mass is 363 g/mol. The van der Waals surface area contributed by atoms with Gasteiger partial charge < -0.3 is 15.3 Å². The minimum Gasteiger partial charge on any atom is -0.481 e. The lowest BCUT2D eigenvalue weighted by atomic mass is 9.98. The molecule has 2 fully saturated rings. The van der Waals surface area contributed by atoms with Gasteiger partial charge in [-0.15, -0.1) is 0 Å². The first-order valence-electron chi connectivity index (χ1n) is 9.12. The number of aryl methyl sites for hydroxylation is 1. The van der Waals surface area contributed by atoms with Crippen LogP contribution in [-0.2, 0) is 16.1 Å². The summed E-state index contributed by atoms with van der Waals surface area (Å²) in [5.41, 5.74) is 0. The third kappa shape index (κ3) is 3.66. The van der Waals surface area contributed by atoms with E-state index in [9.17, 15) is 14.4 Å². The zero-order valence-electron chi connectivity index (χ0n) is 14.9. The van der Waals surface area contributed by atoms with Gasteiger partial charge in [-0.05, 0) is 32.6 Å². The van der Waals surface area contributed by atoms with Gasteiger partial charge in [0.25, 0.3) is 5.91 Å². The van der Waals surface area contributed by atoms with Crippen LogP contribution in [0, 0.1) is 5.92 Å². The van der Waals surface area contributed by atoms with Gasteiger partial charge in [-0.2, -0.15) is 5.10 Å². The van der Waals surface area contributed by atoms with Crippen LogP contribution in [-0.4, -0.2) is 63.4 Å². The number of carboxylic acids is 1. The van der Waals surface area contributed by atoms with E-state index < -0.39 is 17.9 Å². The van der Waals surface area contributed by atoms with Crippen LogP contribution >= 0.6 is 0 Å². The SMILES string of the molecule is CCn1nccc1N1CCCC(NC(=O)N2CCCC(C(=O)O)C2)C1=O. The van der Waals surface area contributed by atoms with E-state index in [2.05, 4.69) is 10.4 Å². The number of likely N-dealkylation sites (tertiary alicyclic amines) is 1. The normalized spacial score (nSPS) is 23.8. The van der Waals surface area contributed by atoms with Gasteiger partial charge in [0.2, 0.25) is 0 Å². The molecule has 2 aliphatic rings. The van der Waals surface area contributed by atoms with Gasteiger partial charge in [0.15, 0.2) is 0 Å². The summed E-state index contributed by atoms with van der Waals surface area (Å²) >= 11 is 0. The van der Waals surface area contributed by atoms with Crippen molar-refractivity contribution in [1.29, 1.82) is 0 Å². The Morgan fingerprint density at radius 3 is 2.81 bits per heavy atom. The first kappa shape index (κ1) is 18.2. The van der Waals surface area contributed by atoms with E-state index >= 15 is 0 Å². The molecule has 26 heavy (non-hydrogen) atoms. The minimum absolute atomic E-state index is 0.147. The van der Waals surface area contributed by atoms with E-state index in [1.165, 1.54) is 4.90 Å². The number of carbonyl (C=O) groups is 3. The van der Waals surface area contributed by atoms with Crippen molar-refractivity contribution in [2.45, 2.75) is 45.2 Å². The molecule has 0 aromatic carbocycles. The van der Waals surface area contributed by atoms with Crippen LogP contribution in [0.15, 0.2) is 12.3 Å². The number of aliphatic carboxylic acids is 1. The number of aromatic nitrogens is 2. The highest BCUT2D eigenvalue weighted by Gasteiger charge is 2.34. The van der Waals surface area contributed by atoms with E-state index in [1.54, 1.807) is 21.8 Å². The zero-order valence-corrected chi connectivity index (χ0v) is 14.9. The maximum absolute atomic E-state index is 12.8. The second-order valence-corrected chi connectivity index (χ2v) is 6.76. The van der Waals surface area contributed by atoms with E-state index in [0.717, 1.165) is 12.2 Å². The molecule has 3 amide bonds. The molecule has 3 heterocycles. The number of urea groups is 1. The largest absolute Gasteiger partial charge is 0.481 e. The van der Waals surface area contributed by atoms with Gasteiger partial charge >= 0.3 is 12.0 Å². The molecule has 1 aromatic rings. The molecule has 0 spiro atoms. The molecule has 0 bridgehead atoms. The molecule has 3 rings (SSSR count). The molecule has 0 aliphatic carbocycles. The molecule has 2 aliphatic heterocycles. The fourth-order valence-corrected chi connectivity index (χ4v) is 3.64. The number of amides is 3. The summed E-state index contributed by atoms with van der Waals surface area (Å²) in [7, 11) is 0. The second-order valence-electron chi connectivity index (χ2n) is 6.76. The van der Waals surface area contributed by atoms with E-state index in [4.69, 9.17) is 5.11 Å². The van der Waals surface area contributed by atoms with Crippen LogP contribution in [0.25, 0.3) is 0 Å². The quantitative estimate of drug-likeness (QED) is 0.826. The van der Waals surface area contributed by atoms with Crippen LogP contribution in [0.2, 0.25) is 0 Å². The number of carboxylic acid groups (broad SMARTS) is 1. The van der Waals surface area contributed by atoms with Gasteiger partial charge in [0, 0.05) is 32.2 Å². The number of anilines is 1. The Bertz CT molecular complexity index is 688. The average molecular weight is 363 g/mol. The van der Waals surface area contributed by atoms with Gasteiger partial charge in [-0.25, -0.2) is 9.48 Å². The number of nitrogens with one attached hydrogen (secondary N) is 1. The highest BCUT2D eigenvalue weighted by atomic mass is 16.4. The Kier molecular flexibility index (Phi) is 5.43. The van der Waals surface area contributed by atoms with E-state index in [-0.39, 0.29) is 18.5 Å². The Balaban J connectivity index is 1.65. The first-order valence-corrected chi connectivity index (χ1v) is 9.12. The summed E-state index contributed by atoms with van der Waals surface area (Å²) in [5.74, 6) is -0.825. The molecule has 9 nitrogen and oxygen atoms in total. The Morgan fingerprint density at radius 2 is 2.08 bits per heavy atom. The second kappa shape index (κ2) is 7.76. The van der Waals surface area contributed by atoms with Crippen LogP contribution in [0.4, 0.5) is 10.6 Å². The molecule has 9 heteroatoms. The highest BCUT2D eigenvalue weighted by Crippen LogP contribution is 2.22. The van der Waals surface area contributed by atoms with Crippen LogP contribution in [0.1, 0.15) is 32.6 Å². The van der Waals surface area contributed by atoms with E-state index in [0.29, 0.717) is 38.9 Å². The third-order valence-corrected chi connectivity index (χ3v) is 5.06. The third-order valence-electron chi connectivity index (χ3n) is 5.06. The van der Waals surface area contributed by atoms with Crippen molar-refractivity contribution < 1.29 is 19.5 Å². The molecular formula is C17H25N5O4. The van der Waals surface area contributed by atoms with Crippen LogP contribution < -0.4 is 10.2 Å². The Hall–Kier alpha value is -2.58. The molecule has 2 N–H and O–H groups in total. The van der Waals surface area contributed by atoms with E-state index in [1.807, 2.05) is 6.92 Å². The summed E-state index contributed by atoms with van der Waals surface area (Å²) in [4.78, 5) is 39.7. The van der Waals surface area contributed by atoms with Crippen molar-refractivity contribution >= 4 is 23.7 Å². The summed E-state index contributed by atoms with van der Waals surface area (Å²) in [6.07, 6.45) is 4.26. The van der Waals surface area contributed by atoms with Crippen LogP contribution in [0.3, 0.4) is 0 Å². The standard InChI is InChI=1S/C17H25N5O4/c1-2-22-14(7-8-18-22)21-10-4-6-13(15(21)23)19-17(26)20-9-3-5-12(11-20)16(24)25/h7-8,12-13H,2-6,9-11H2,1H3,(H,19,26)(H,24,25). The lowest BCUT2D eigenvalue weighted by molar-refractivity contribution is -0.143. The van der Waals surface area contributed by atoms with Crippen molar-refractivity contribution in [2.24, 2.45) is 5.92 Å². The number of piperidine rings is 2. The zero-order chi connectivity index (χ0) is 18.7. The van der Waals surface area contributed by atoms with Crippen molar-refractivity contribution in [3.8, 4) is 0 Å². The Morgan fingerprint density at radius 1 is 1.31 bits per heavy atom. The molecular weight excluding hydrogens is 338 g/mol. The van der Waals surface area contributed by atoms with Crippen molar-refractivity contribution in [1.82, 2.24) is 20.0 Å². The molecule has 1 aromatic heterocycles. The molecule has 2 atom stereocenters. The van der Waals surface area contributed by atoms with Crippen molar-refractivity contribution in [3.63, 3.8) is 0 Å². The lowest BCUT2D eigenvalue weighted by Crippen LogP contribution is -2.56. The van der Waals surface area contributed by atoms with Gasteiger partial charge in [-0.3, -0.25) is 14.5 Å². The first-order chi connectivity index (χ1) is 12.5. The lowest BCUT2D eigenvalue weighted by Gasteiger charge is -2.35. The number of nitrogens with zero attached hydrogens (tertiary/aromatic N) is 4. The molecule has 142 valence electrons.